The SMILES string of the molecule is CCOC(=O)c1ccc(NC(=O)c2cnc(NCc3ccc(C)cc3)nc2)cc1. The molecule has 1 amide bonds. The normalized spacial score (nSPS) is 10.3. The Hall–Kier alpha value is -3.74. The van der Waals surface area contributed by atoms with Gasteiger partial charge >= 0.3 is 5.97 Å². The highest BCUT2D eigenvalue weighted by atomic mass is 16.5. The molecule has 29 heavy (non-hydrogen) atoms. The van der Waals surface area contributed by atoms with Gasteiger partial charge in [0.2, 0.25) is 5.95 Å². The zero-order chi connectivity index (χ0) is 20.6. The van der Waals surface area contributed by atoms with E-state index >= 15 is 0 Å². The molecule has 0 aliphatic heterocycles. The van der Waals surface area contributed by atoms with Crippen LogP contribution in [0.2, 0.25) is 0 Å². The molecule has 1 aromatic heterocycles. The Kier molecular flexibility index (Phi) is 6.52. The van der Waals surface area contributed by atoms with Crippen LogP contribution in [0.15, 0.2) is 60.9 Å². The molecule has 0 radical (unpaired) electrons. The number of hydrogen-bond donors (Lipinski definition) is 2. The zero-order valence-electron chi connectivity index (χ0n) is 16.3. The number of carbonyl (C=O) groups excluding carboxylic acids is 2. The molecule has 0 aliphatic rings. The summed E-state index contributed by atoms with van der Waals surface area (Å²) in [6, 6.07) is 14.7. The lowest BCUT2D eigenvalue weighted by atomic mass is 10.1. The van der Waals surface area contributed by atoms with Gasteiger partial charge < -0.3 is 15.4 Å². The molecule has 0 spiro atoms. The van der Waals surface area contributed by atoms with E-state index in [1.807, 2.05) is 31.2 Å². The average Bonchev–Trinajstić information content (AvgIpc) is 2.74. The van der Waals surface area contributed by atoms with Crippen LogP contribution < -0.4 is 10.6 Å². The highest BCUT2D eigenvalue weighted by Crippen LogP contribution is 2.13. The zero-order valence-corrected chi connectivity index (χ0v) is 16.3. The molecule has 2 aromatic carbocycles. The molecular formula is C22H22N4O3. The van der Waals surface area contributed by atoms with Gasteiger partial charge in [-0.2, -0.15) is 0 Å². The van der Waals surface area contributed by atoms with Gasteiger partial charge in [-0.15, -0.1) is 0 Å². The van der Waals surface area contributed by atoms with E-state index in [0.29, 0.717) is 35.9 Å². The summed E-state index contributed by atoms with van der Waals surface area (Å²) in [5.74, 6) is -0.285. The number of aryl methyl sites for hydroxylation is 1. The van der Waals surface area contributed by atoms with Crippen molar-refractivity contribution >= 4 is 23.5 Å². The molecule has 3 aromatic rings. The summed E-state index contributed by atoms with van der Waals surface area (Å²) < 4.78 is 4.93. The third-order valence-corrected chi connectivity index (χ3v) is 4.14. The second kappa shape index (κ2) is 9.45. The summed E-state index contributed by atoms with van der Waals surface area (Å²) in [7, 11) is 0. The number of benzene rings is 2. The summed E-state index contributed by atoms with van der Waals surface area (Å²) in [5.41, 5.74) is 3.64. The standard InChI is InChI=1S/C22H22N4O3/c1-3-29-21(28)17-8-10-19(11-9-17)26-20(27)18-13-24-22(25-14-18)23-12-16-6-4-15(2)5-7-16/h4-11,13-14H,3,12H2,1-2H3,(H,26,27)(H,23,24,25). The van der Waals surface area contributed by atoms with E-state index in [1.165, 1.54) is 18.0 Å². The van der Waals surface area contributed by atoms with Crippen molar-refractivity contribution in [1.82, 2.24) is 9.97 Å². The Labute approximate surface area is 169 Å². The molecule has 0 saturated carbocycles. The Balaban J connectivity index is 1.55. The topological polar surface area (TPSA) is 93.2 Å². The van der Waals surface area contributed by atoms with Crippen LogP contribution in [0.5, 0.6) is 0 Å². The minimum atomic E-state index is -0.396. The highest BCUT2D eigenvalue weighted by Gasteiger charge is 2.10. The van der Waals surface area contributed by atoms with E-state index < -0.39 is 5.97 Å². The smallest absolute Gasteiger partial charge is 0.338 e. The van der Waals surface area contributed by atoms with Crippen molar-refractivity contribution in [2.45, 2.75) is 20.4 Å². The number of anilines is 2. The number of aromatic nitrogens is 2. The molecule has 1 heterocycles. The average molecular weight is 390 g/mol. The maximum atomic E-state index is 12.4. The van der Waals surface area contributed by atoms with Gasteiger partial charge in [-0.3, -0.25) is 4.79 Å². The largest absolute Gasteiger partial charge is 0.462 e. The van der Waals surface area contributed by atoms with E-state index in [2.05, 4.69) is 20.6 Å². The van der Waals surface area contributed by atoms with Crippen LogP contribution in [0.1, 0.15) is 38.8 Å². The highest BCUT2D eigenvalue weighted by molar-refractivity contribution is 6.04. The number of nitrogens with zero attached hydrogens (tertiary/aromatic N) is 2. The van der Waals surface area contributed by atoms with Crippen molar-refractivity contribution in [2.75, 3.05) is 17.2 Å². The van der Waals surface area contributed by atoms with E-state index in [4.69, 9.17) is 4.74 Å². The summed E-state index contributed by atoms with van der Waals surface area (Å²) in [6.07, 6.45) is 2.93. The molecule has 148 valence electrons. The Morgan fingerprint density at radius 3 is 2.21 bits per heavy atom. The van der Waals surface area contributed by atoms with Gasteiger partial charge in [0.25, 0.3) is 5.91 Å². The van der Waals surface area contributed by atoms with Crippen molar-refractivity contribution < 1.29 is 14.3 Å². The fourth-order valence-corrected chi connectivity index (χ4v) is 2.53. The van der Waals surface area contributed by atoms with Gasteiger partial charge in [0, 0.05) is 24.6 Å². The van der Waals surface area contributed by atoms with E-state index in [9.17, 15) is 9.59 Å². The predicted octanol–water partition coefficient (Wildman–Crippen LogP) is 3.83. The Morgan fingerprint density at radius 2 is 1.59 bits per heavy atom. The van der Waals surface area contributed by atoms with Crippen LogP contribution in [0, 0.1) is 6.92 Å². The molecule has 3 rings (SSSR count). The molecule has 0 atom stereocenters. The van der Waals surface area contributed by atoms with Crippen LogP contribution in [-0.4, -0.2) is 28.5 Å². The summed E-state index contributed by atoms with van der Waals surface area (Å²) in [4.78, 5) is 32.4. The van der Waals surface area contributed by atoms with Crippen molar-refractivity contribution in [2.24, 2.45) is 0 Å². The Bertz CT molecular complexity index is 968. The van der Waals surface area contributed by atoms with Crippen molar-refractivity contribution in [3.63, 3.8) is 0 Å². The first-order chi connectivity index (χ1) is 14.0. The van der Waals surface area contributed by atoms with E-state index in [0.717, 1.165) is 5.56 Å². The predicted molar refractivity (Wildman–Crippen MR) is 111 cm³/mol. The molecule has 0 fully saturated rings. The molecule has 0 unspecified atom stereocenters. The molecular weight excluding hydrogens is 368 g/mol. The van der Waals surface area contributed by atoms with Crippen LogP contribution in [0.25, 0.3) is 0 Å². The summed E-state index contributed by atoms with van der Waals surface area (Å²) in [5, 5.41) is 5.87. The van der Waals surface area contributed by atoms with Crippen LogP contribution in [0.4, 0.5) is 11.6 Å². The minimum Gasteiger partial charge on any atom is -0.462 e. The quantitative estimate of drug-likeness (QED) is 0.596. The van der Waals surface area contributed by atoms with Gasteiger partial charge in [0.05, 0.1) is 17.7 Å². The second-order valence-electron chi connectivity index (χ2n) is 6.39. The number of hydrogen-bond acceptors (Lipinski definition) is 6. The third kappa shape index (κ3) is 5.62. The van der Waals surface area contributed by atoms with Crippen molar-refractivity contribution in [3.8, 4) is 0 Å². The molecule has 0 aliphatic carbocycles. The fourth-order valence-electron chi connectivity index (χ4n) is 2.53. The second-order valence-corrected chi connectivity index (χ2v) is 6.39. The fraction of sp³-hybridized carbons (Fsp3) is 0.182. The van der Waals surface area contributed by atoms with Gasteiger partial charge in [-0.05, 0) is 43.7 Å². The monoisotopic (exact) mass is 390 g/mol. The first-order valence-electron chi connectivity index (χ1n) is 9.25. The van der Waals surface area contributed by atoms with E-state index in [-0.39, 0.29) is 5.91 Å². The van der Waals surface area contributed by atoms with Crippen molar-refractivity contribution in [1.29, 1.82) is 0 Å². The minimum absolute atomic E-state index is 0.313. The van der Waals surface area contributed by atoms with Gasteiger partial charge in [0.1, 0.15) is 0 Å². The number of nitrogens with one attached hydrogen (secondary N) is 2. The van der Waals surface area contributed by atoms with Crippen LogP contribution >= 0.6 is 0 Å². The molecule has 2 N–H and O–H groups in total. The lowest BCUT2D eigenvalue weighted by molar-refractivity contribution is 0.0526. The number of esters is 1. The number of ether oxygens (including phenoxy) is 1. The van der Waals surface area contributed by atoms with E-state index in [1.54, 1.807) is 31.2 Å². The molecule has 7 heteroatoms. The third-order valence-electron chi connectivity index (χ3n) is 4.14. The van der Waals surface area contributed by atoms with Gasteiger partial charge in [-0.25, -0.2) is 14.8 Å². The number of rotatable bonds is 7. The Morgan fingerprint density at radius 1 is 0.931 bits per heavy atom. The van der Waals surface area contributed by atoms with Gasteiger partial charge in [0.15, 0.2) is 0 Å². The lowest BCUT2D eigenvalue weighted by Gasteiger charge is -2.08. The maximum absolute atomic E-state index is 12.4. The first kappa shape index (κ1) is 20.0. The molecule has 0 bridgehead atoms. The number of amides is 1. The first-order valence-corrected chi connectivity index (χ1v) is 9.25. The molecule has 0 saturated heterocycles. The number of carbonyl (C=O) groups is 2. The summed E-state index contributed by atoms with van der Waals surface area (Å²) >= 11 is 0. The van der Waals surface area contributed by atoms with Crippen LogP contribution in [-0.2, 0) is 11.3 Å². The summed E-state index contributed by atoms with van der Waals surface area (Å²) in [6.45, 7) is 4.70. The molecule has 7 nitrogen and oxygen atoms in total. The van der Waals surface area contributed by atoms with Crippen molar-refractivity contribution in [3.05, 3.63) is 83.2 Å². The van der Waals surface area contributed by atoms with Gasteiger partial charge in [-0.1, -0.05) is 29.8 Å². The maximum Gasteiger partial charge on any atom is 0.338 e. The van der Waals surface area contributed by atoms with Crippen LogP contribution in [0.3, 0.4) is 0 Å². The lowest BCUT2D eigenvalue weighted by Crippen LogP contribution is -2.13.